The molecular formula is C23H18F3N3OS. The van der Waals surface area contributed by atoms with Gasteiger partial charge in [0.1, 0.15) is 17.5 Å². The Morgan fingerprint density at radius 3 is 2.45 bits per heavy atom. The van der Waals surface area contributed by atoms with Crippen molar-refractivity contribution in [2.45, 2.75) is 24.5 Å². The number of thioether (sulfide) groups is 1. The second-order valence-corrected chi connectivity index (χ2v) is 7.70. The number of rotatable bonds is 6. The highest BCUT2D eigenvalue weighted by molar-refractivity contribution is 7.99. The average Bonchev–Trinajstić information content (AvgIpc) is 3.00. The smallest absolute Gasteiger partial charge is 0.288 e. The summed E-state index contributed by atoms with van der Waals surface area (Å²) in [5.74, 6) is -3.55. The first-order chi connectivity index (χ1) is 14.8. The third-order valence-electron chi connectivity index (χ3n) is 4.57. The van der Waals surface area contributed by atoms with Gasteiger partial charge in [-0.2, -0.15) is 14.0 Å². The molecule has 1 aromatic heterocycles. The third kappa shape index (κ3) is 5.19. The van der Waals surface area contributed by atoms with Crippen LogP contribution < -0.4 is 5.32 Å². The van der Waals surface area contributed by atoms with Crippen LogP contribution in [0.3, 0.4) is 0 Å². The monoisotopic (exact) mass is 441 g/mol. The van der Waals surface area contributed by atoms with Crippen molar-refractivity contribution in [3.63, 3.8) is 0 Å². The lowest BCUT2D eigenvalue weighted by Gasteiger charge is -2.10. The summed E-state index contributed by atoms with van der Waals surface area (Å²) in [6, 6.07) is 15.9. The molecule has 0 aliphatic heterocycles. The van der Waals surface area contributed by atoms with Gasteiger partial charge in [0.15, 0.2) is 0 Å². The molecule has 0 saturated heterocycles. The normalized spacial score (nSPS) is 11.5. The van der Waals surface area contributed by atoms with Gasteiger partial charge in [0, 0.05) is 22.0 Å². The van der Waals surface area contributed by atoms with Crippen molar-refractivity contribution in [3.8, 4) is 11.8 Å². The Hall–Kier alpha value is -3.44. The van der Waals surface area contributed by atoms with Gasteiger partial charge in [0.2, 0.25) is 0 Å². The molecule has 1 N–H and O–H groups in total. The van der Waals surface area contributed by atoms with Crippen LogP contribution in [0.15, 0.2) is 65.1 Å². The predicted octanol–water partition coefficient (Wildman–Crippen LogP) is 6.09. The zero-order valence-corrected chi connectivity index (χ0v) is 17.5. The zero-order chi connectivity index (χ0) is 22.5. The molecule has 0 unspecified atom stereocenters. The number of benzene rings is 2. The SMILES string of the molecule is Cc1cc(C=C(C#N)C(=O)Nc2ccc(SC(F)F)cc2)c(C)n1-c1ccccc1F. The van der Waals surface area contributed by atoms with Crippen molar-refractivity contribution in [1.82, 2.24) is 4.57 Å². The van der Waals surface area contributed by atoms with Crippen molar-refractivity contribution >= 4 is 29.4 Å². The van der Waals surface area contributed by atoms with Gasteiger partial charge in [-0.15, -0.1) is 0 Å². The molecule has 0 saturated carbocycles. The van der Waals surface area contributed by atoms with Crippen LogP contribution in [0.1, 0.15) is 17.0 Å². The van der Waals surface area contributed by atoms with E-state index >= 15 is 0 Å². The number of para-hydroxylation sites is 1. The Morgan fingerprint density at radius 2 is 1.84 bits per heavy atom. The molecule has 0 aliphatic rings. The minimum atomic E-state index is -2.53. The second kappa shape index (κ2) is 9.58. The summed E-state index contributed by atoms with van der Waals surface area (Å²) in [7, 11) is 0. The lowest BCUT2D eigenvalue weighted by atomic mass is 10.1. The summed E-state index contributed by atoms with van der Waals surface area (Å²) >= 11 is 0.404. The summed E-state index contributed by atoms with van der Waals surface area (Å²) in [5, 5.41) is 12.1. The molecule has 4 nitrogen and oxygen atoms in total. The van der Waals surface area contributed by atoms with Crippen molar-refractivity contribution in [1.29, 1.82) is 5.26 Å². The van der Waals surface area contributed by atoms with Crippen molar-refractivity contribution in [3.05, 3.63) is 82.9 Å². The molecule has 0 atom stereocenters. The van der Waals surface area contributed by atoms with Crippen LogP contribution in [0, 0.1) is 31.0 Å². The maximum absolute atomic E-state index is 14.2. The number of nitrogens with one attached hydrogen (secondary N) is 1. The topological polar surface area (TPSA) is 57.8 Å². The molecule has 0 bridgehead atoms. The highest BCUT2D eigenvalue weighted by Gasteiger charge is 2.15. The number of nitriles is 1. The summed E-state index contributed by atoms with van der Waals surface area (Å²) in [6.45, 7) is 3.58. The number of carbonyl (C=O) groups is 1. The van der Waals surface area contributed by atoms with Crippen LogP contribution in [0.5, 0.6) is 0 Å². The number of hydrogen-bond donors (Lipinski definition) is 1. The van der Waals surface area contributed by atoms with Gasteiger partial charge in [0.25, 0.3) is 11.7 Å². The zero-order valence-electron chi connectivity index (χ0n) is 16.7. The molecule has 2 aromatic carbocycles. The van der Waals surface area contributed by atoms with Crippen LogP contribution in [-0.4, -0.2) is 16.2 Å². The Balaban J connectivity index is 1.85. The van der Waals surface area contributed by atoms with Gasteiger partial charge in [-0.05, 0) is 68.0 Å². The lowest BCUT2D eigenvalue weighted by Crippen LogP contribution is -2.13. The summed E-state index contributed by atoms with van der Waals surface area (Å²) < 4.78 is 40.8. The number of carbonyl (C=O) groups excluding carboxylic acids is 1. The Bertz CT molecular complexity index is 1180. The second-order valence-electron chi connectivity index (χ2n) is 6.64. The highest BCUT2D eigenvalue weighted by Crippen LogP contribution is 2.27. The minimum absolute atomic E-state index is 0.139. The largest absolute Gasteiger partial charge is 0.321 e. The number of hydrogen-bond acceptors (Lipinski definition) is 3. The van der Waals surface area contributed by atoms with Crippen LogP contribution in [-0.2, 0) is 4.79 Å². The lowest BCUT2D eigenvalue weighted by molar-refractivity contribution is -0.112. The standard InChI is InChI=1S/C23H18F3N3OS/c1-14-11-16(15(2)29(14)21-6-4-3-5-20(21)24)12-17(13-27)22(30)28-18-7-9-19(10-8-18)31-23(25)26/h3-12,23H,1-2H3,(H,28,30). The molecule has 1 heterocycles. The Kier molecular flexibility index (Phi) is 6.88. The van der Waals surface area contributed by atoms with Gasteiger partial charge in [-0.1, -0.05) is 23.9 Å². The molecule has 158 valence electrons. The van der Waals surface area contributed by atoms with Crippen LogP contribution in [0.2, 0.25) is 0 Å². The molecule has 0 aliphatic carbocycles. The van der Waals surface area contributed by atoms with E-state index in [9.17, 15) is 23.2 Å². The van der Waals surface area contributed by atoms with Crippen molar-refractivity contribution < 1.29 is 18.0 Å². The Labute approximate surface area is 182 Å². The van der Waals surface area contributed by atoms with Gasteiger partial charge in [0.05, 0.1) is 5.69 Å². The maximum atomic E-state index is 14.2. The van der Waals surface area contributed by atoms with E-state index in [0.29, 0.717) is 39.3 Å². The van der Waals surface area contributed by atoms with E-state index in [4.69, 9.17) is 0 Å². The molecule has 8 heteroatoms. The van der Waals surface area contributed by atoms with Crippen LogP contribution >= 0.6 is 11.8 Å². The van der Waals surface area contributed by atoms with Gasteiger partial charge in [-0.25, -0.2) is 4.39 Å². The Morgan fingerprint density at radius 1 is 1.16 bits per heavy atom. The number of halogens is 3. The maximum Gasteiger partial charge on any atom is 0.288 e. The third-order valence-corrected chi connectivity index (χ3v) is 5.29. The fraction of sp³-hybridized carbons (Fsp3) is 0.130. The van der Waals surface area contributed by atoms with E-state index in [1.54, 1.807) is 35.8 Å². The highest BCUT2D eigenvalue weighted by atomic mass is 32.2. The van der Waals surface area contributed by atoms with Crippen LogP contribution in [0.25, 0.3) is 11.8 Å². The molecule has 0 spiro atoms. The molecule has 3 rings (SSSR count). The first kappa shape index (κ1) is 22.2. The van der Waals surface area contributed by atoms with Gasteiger partial charge >= 0.3 is 0 Å². The van der Waals surface area contributed by atoms with E-state index in [0.717, 1.165) is 5.69 Å². The number of amides is 1. The molecule has 31 heavy (non-hydrogen) atoms. The average molecular weight is 441 g/mol. The van der Waals surface area contributed by atoms with Gasteiger partial charge < -0.3 is 9.88 Å². The number of alkyl halides is 2. The molecular weight excluding hydrogens is 423 g/mol. The van der Waals surface area contributed by atoms with E-state index in [1.165, 1.54) is 36.4 Å². The predicted molar refractivity (Wildman–Crippen MR) is 116 cm³/mol. The summed E-state index contributed by atoms with van der Waals surface area (Å²) in [5.41, 5.74) is 2.65. The minimum Gasteiger partial charge on any atom is -0.321 e. The molecule has 3 aromatic rings. The first-order valence-corrected chi connectivity index (χ1v) is 10.1. The quantitative estimate of drug-likeness (QED) is 0.286. The number of aromatic nitrogens is 1. The summed E-state index contributed by atoms with van der Waals surface area (Å²) in [6.07, 6.45) is 1.44. The van der Waals surface area contributed by atoms with E-state index in [2.05, 4.69) is 5.32 Å². The van der Waals surface area contributed by atoms with E-state index in [1.807, 2.05) is 13.0 Å². The fourth-order valence-corrected chi connectivity index (χ4v) is 3.66. The van der Waals surface area contributed by atoms with E-state index < -0.39 is 11.7 Å². The summed E-state index contributed by atoms with van der Waals surface area (Å²) in [4.78, 5) is 12.9. The van der Waals surface area contributed by atoms with Crippen LogP contribution in [0.4, 0.5) is 18.9 Å². The molecule has 1 amide bonds. The van der Waals surface area contributed by atoms with Gasteiger partial charge in [-0.3, -0.25) is 4.79 Å². The fourth-order valence-electron chi connectivity index (χ4n) is 3.16. The number of anilines is 1. The van der Waals surface area contributed by atoms with Crippen molar-refractivity contribution in [2.24, 2.45) is 0 Å². The van der Waals surface area contributed by atoms with E-state index in [-0.39, 0.29) is 11.4 Å². The number of nitrogens with zero attached hydrogens (tertiary/aromatic N) is 2. The molecule has 0 fully saturated rings. The van der Waals surface area contributed by atoms with Crippen molar-refractivity contribution in [2.75, 3.05) is 5.32 Å². The first-order valence-electron chi connectivity index (χ1n) is 9.22. The molecule has 0 radical (unpaired) electrons. The number of aryl methyl sites for hydroxylation is 1.